The summed E-state index contributed by atoms with van der Waals surface area (Å²) in [6, 6.07) is 0.432. The van der Waals surface area contributed by atoms with Gasteiger partial charge in [-0.15, -0.1) is 0 Å². The van der Waals surface area contributed by atoms with E-state index in [1.807, 2.05) is 6.20 Å². The summed E-state index contributed by atoms with van der Waals surface area (Å²) < 4.78 is 2.31. The molecule has 0 bridgehead atoms. The van der Waals surface area contributed by atoms with Gasteiger partial charge in [0.1, 0.15) is 5.82 Å². The van der Waals surface area contributed by atoms with Gasteiger partial charge in [0.25, 0.3) is 0 Å². The fourth-order valence-electron chi connectivity index (χ4n) is 3.16. The van der Waals surface area contributed by atoms with Crippen LogP contribution in [0.2, 0.25) is 0 Å². The Morgan fingerprint density at radius 3 is 2.94 bits per heavy atom. The SMILES string of the molecule is CCCn1ccnc1C(NC)C1CCC(C)C1. The Bertz CT molecular complexity index is 345. The van der Waals surface area contributed by atoms with Crippen LogP contribution in [0.5, 0.6) is 0 Å². The summed E-state index contributed by atoms with van der Waals surface area (Å²) in [4.78, 5) is 4.58. The van der Waals surface area contributed by atoms with Gasteiger partial charge in [-0.2, -0.15) is 0 Å². The quantitative estimate of drug-likeness (QED) is 0.850. The Hall–Kier alpha value is -0.830. The van der Waals surface area contributed by atoms with Gasteiger partial charge in [0.15, 0.2) is 0 Å². The Labute approximate surface area is 105 Å². The topological polar surface area (TPSA) is 29.9 Å². The number of hydrogen-bond donors (Lipinski definition) is 1. The van der Waals surface area contributed by atoms with E-state index >= 15 is 0 Å². The second-order valence-corrected chi connectivity index (χ2v) is 5.42. The molecule has 17 heavy (non-hydrogen) atoms. The highest BCUT2D eigenvalue weighted by Gasteiger charge is 2.31. The lowest BCUT2D eigenvalue weighted by atomic mass is 9.96. The number of nitrogens with zero attached hydrogens (tertiary/aromatic N) is 2. The molecule has 0 radical (unpaired) electrons. The van der Waals surface area contributed by atoms with E-state index in [4.69, 9.17) is 0 Å². The normalized spacial score (nSPS) is 26.3. The number of aryl methyl sites for hydroxylation is 1. The molecular weight excluding hydrogens is 210 g/mol. The third-order valence-corrected chi connectivity index (χ3v) is 4.01. The molecule has 1 heterocycles. The third kappa shape index (κ3) is 2.71. The molecular formula is C14H25N3. The first-order valence-electron chi connectivity index (χ1n) is 6.94. The first-order valence-corrected chi connectivity index (χ1v) is 6.94. The van der Waals surface area contributed by atoms with Gasteiger partial charge in [-0.05, 0) is 38.1 Å². The standard InChI is InChI=1S/C14H25N3/c1-4-8-17-9-7-16-14(17)13(15-3)12-6-5-11(2)10-12/h7,9,11-13,15H,4-6,8,10H2,1-3H3. The minimum atomic E-state index is 0.432. The summed E-state index contributed by atoms with van der Waals surface area (Å²) in [5.74, 6) is 2.87. The molecule has 1 aliphatic carbocycles. The van der Waals surface area contributed by atoms with E-state index in [9.17, 15) is 0 Å². The molecule has 1 aromatic rings. The Morgan fingerprint density at radius 2 is 2.35 bits per heavy atom. The van der Waals surface area contributed by atoms with Crippen molar-refractivity contribution in [3.63, 3.8) is 0 Å². The highest BCUT2D eigenvalue weighted by molar-refractivity contribution is 5.03. The average molecular weight is 235 g/mol. The predicted octanol–water partition coefficient (Wildman–Crippen LogP) is 2.99. The van der Waals surface area contributed by atoms with Crippen LogP contribution in [0.25, 0.3) is 0 Å². The lowest BCUT2D eigenvalue weighted by Gasteiger charge is -2.23. The molecule has 0 amide bonds. The number of aromatic nitrogens is 2. The number of nitrogens with one attached hydrogen (secondary N) is 1. The van der Waals surface area contributed by atoms with Crippen molar-refractivity contribution in [3.05, 3.63) is 18.2 Å². The van der Waals surface area contributed by atoms with Crippen LogP contribution in [0.1, 0.15) is 51.4 Å². The highest BCUT2D eigenvalue weighted by Crippen LogP contribution is 2.38. The number of hydrogen-bond acceptors (Lipinski definition) is 2. The van der Waals surface area contributed by atoms with Crippen LogP contribution in [0.15, 0.2) is 12.4 Å². The first kappa shape index (κ1) is 12.6. The summed E-state index contributed by atoms with van der Waals surface area (Å²) in [6.07, 6.45) is 9.27. The van der Waals surface area contributed by atoms with Crippen LogP contribution in [0, 0.1) is 11.8 Å². The third-order valence-electron chi connectivity index (χ3n) is 4.01. The molecule has 0 aliphatic heterocycles. The average Bonchev–Trinajstić information content (AvgIpc) is 2.91. The molecule has 1 aliphatic rings. The summed E-state index contributed by atoms with van der Waals surface area (Å²) in [5.41, 5.74) is 0. The molecule has 0 aromatic carbocycles. The zero-order valence-corrected chi connectivity index (χ0v) is 11.3. The molecule has 96 valence electrons. The molecule has 3 unspecified atom stereocenters. The smallest absolute Gasteiger partial charge is 0.126 e. The van der Waals surface area contributed by atoms with E-state index < -0.39 is 0 Å². The second kappa shape index (κ2) is 5.67. The Morgan fingerprint density at radius 1 is 1.53 bits per heavy atom. The summed E-state index contributed by atoms with van der Waals surface area (Å²) in [6.45, 7) is 5.66. The van der Waals surface area contributed by atoms with Gasteiger partial charge in [0.05, 0.1) is 6.04 Å². The highest BCUT2D eigenvalue weighted by atomic mass is 15.1. The van der Waals surface area contributed by atoms with Gasteiger partial charge >= 0.3 is 0 Å². The minimum Gasteiger partial charge on any atom is -0.334 e. The van der Waals surface area contributed by atoms with Gasteiger partial charge in [0, 0.05) is 18.9 Å². The number of imidazole rings is 1. The lowest BCUT2D eigenvalue weighted by molar-refractivity contribution is 0.353. The van der Waals surface area contributed by atoms with Gasteiger partial charge < -0.3 is 9.88 Å². The molecule has 0 saturated heterocycles. The molecule has 2 rings (SSSR count). The zero-order chi connectivity index (χ0) is 12.3. The van der Waals surface area contributed by atoms with Crippen LogP contribution in [-0.4, -0.2) is 16.6 Å². The first-order chi connectivity index (χ1) is 8.26. The minimum absolute atomic E-state index is 0.432. The van der Waals surface area contributed by atoms with Crippen molar-refractivity contribution in [3.8, 4) is 0 Å². The molecule has 1 aromatic heterocycles. The predicted molar refractivity (Wildman–Crippen MR) is 70.8 cm³/mol. The van der Waals surface area contributed by atoms with Crippen LogP contribution in [0.4, 0.5) is 0 Å². The van der Waals surface area contributed by atoms with E-state index in [-0.39, 0.29) is 0 Å². The van der Waals surface area contributed by atoms with Crippen LogP contribution in [-0.2, 0) is 6.54 Å². The fourth-order valence-corrected chi connectivity index (χ4v) is 3.16. The Kier molecular flexibility index (Phi) is 4.21. The molecule has 3 atom stereocenters. The van der Waals surface area contributed by atoms with Crippen molar-refractivity contribution in [2.45, 2.75) is 52.1 Å². The van der Waals surface area contributed by atoms with Crippen LogP contribution in [0.3, 0.4) is 0 Å². The van der Waals surface area contributed by atoms with Crippen molar-refractivity contribution in [2.24, 2.45) is 11.8 Å². The fraction of sp³-hybridized carbons (Fsp3) is 0.786. The van der Waals surface area contributed by atoms with E-state index in [2.05, 4.69) is 42.0 Å². The van der Waals surface area contributed by atoms with E-state index in [1.165, 1.54) is 31.5 Å². The van der Waals surface area contributed by atoms with E-state index in [0.717, 1.165) is 18.4 Å². The van der Waals surface area contributed by atoms with Gasteiger partial charge in [-0.25, -0.2) is 4.98 Å². The molecule has 1 fully saturated rings. The van der Waals surface area contributed by atoms with Crippen molar-refractivity contribution in [1.82, 2.24) is 14.9 Å². The molecule has 1 saturated carbocycles. The van der Waals surface area contributed by atoms with Crippen LogP contribution >= 0.6 is 0 Å². The lowest BCUT2D eigenvalue weighted by Crippen LogP contribution is -2.27. The zero-order valence-electron chi connectivity index (χ0n) is 11.3. The molecule has 1 N–H and O–H groups in total. The largest absolute Gasteiger partial charge is 0.334 e. The van der Waals surface area contributed by atoms with Gasteiger partial charge in [-0.3, -0.25) is 0 Å². The number of rotatable bonds is 5. The molecule has 0 spiro atoms. The van der Waals surface area contributed by atoms with Crippen LogP contribution < -0.4 is 5.32 Å². The van der Waals surface area contributed by atoms with Crippen molar-refractivity contribution >= 4 is 0 Å². The van der Waals surface area contributed by atoms with Gasteiger partial charge in [0.2, 0.25) is 0 Å². The van der Waals surface area contributed by atoms with Crippen molar-refractivity contribution in [1.29, 1.82) is 0 Å². The Balaban J connectivity index is 2.14. The van der Waals surface area contributed by atoms with E-state index in [0.29, 0.717) is 6.04 Å². The van der Waals surface area contributed by atoms with E-state index in [1.54, 1.807) is 0 Å². The maximum absolute atomic E-state index is 4.58. The molecule has 3 nitrogen and oxygen atoms in total. The maximum Gasteiger partial charge on any atom is 0.126 e. The van der Waals surface area contributed by atoms with Crippen molar-refractivity contribution in [2.75, 3.05) is 7.05 Å². The van der Waals surface area contributed by atoms with Gasteiger partial charge in [-0.1, -0.05) is 20.3 Å². The molecule has 3 heteroatoms. The summed E-state index contributed by atoms with van der Waals surface area (Å²) >= 11 is 0. The summed E-state index contributed by atoms with van der Waals surface area (Å²) in [7, 11) is 2.07. The summed E-state index contributed by atoms with van der Waals surface area (Å²) in [5, 5.41) is 3.48. The van der Waals surface area contributed by atoms with Crippen molar-refractivity contribution < 1.29 is 0 Å². The second-order valence-electron chi connectivity index (χ2n) is 5.42. The maximum atomic E-state index is 4.58. The monoisotopic (exact) mass is 235 g/mol.